The molecule has 3 aromatic rings. The summed E-state index contributed by atoms with van der Waals surface area (Å²) in [6, 6.07) is 12.7. The molecule has 0 bridgehead atoms. The number of nitrogens with two attached hydrogens (primary N) is 1. The number of benzene rings is 1. The van der Waals surface area contributed by atoms with E-state index in [9.17, 15) is 0 Å². The van der Waals surface area contributed by atoms with Gasteiger partial charge in [-0.25, -0.2) is 4.98 Å². The summed E-state index contributed by atoms with van der Waals surface area (Å²) in [7, 11) is 0. The van der Waals surface area contributed by atoms with E-state index in [0.717, 1.165) is 35.6 Å². The average Bonchev–Trinajstić information content (AvgIpc) is 2.79. The van der Waals surface area contributed by atoms with Crippen LogP contribution in [0.15, 0.2) is 42.6 Å². The molecule has 2 heterocycles. The predicted molar refractivity (Wildman–Crippen MR) is 83.0 cm³/mol. The van der Waals surface area contributed by atoms with Gasteiger partial charge in [0.15, 0.2) is 0 Å². The minimum Gasteiger partial charge on any atom is -0.383 e. The van der Waals surface area contributed by atoms with E-state index in [0.29, 0.717) is 0 Å². The highest BCUT2D eigenvalue weighted by Gasteiger charge is 2.10. The molecule has 0 amide bonds. The number of nitrogen functional groups attached to an aromatic ring is 1. The second-order valence-corrected chi connectivity index (χ2v) is 5.18. The van der Waals surface area contributed by atoms with Gasteiger partial charge < -0.3 is 5.73 Å². The molecule has 0 aliphatic heterocycles. The van der Waals surface area contributed by atoms with E-state index in [4.69, 9.17) is 5.73 Å². The van der Waals surface area contributed by atoms with Crippen LogP contribution in [0.4, 0.5) is 5.82 Å². The van der Waals surface area contributed by atoms with Crippen molar-refractivity contribution in [3.63, 3.8) is 0 Å². The predicted octanol–water partition coefficient (Wildman–Crippen LogP) is 3.38. The van der Waals surface area contributed by atoms with Gasteiger partial charge in [-0.15, -0.1) is 0 Å². The smallest absolute Gasteiger partial charge is 0.141 e. The van der Waals surface area contributed by atoms with Crippen molar-refractivity contribution in [3.05, 3.63) is 65.0 Å². The Balaban J connectivity index is 1.97. The van der Waals surface area contributed by atoms with Gasteiger partial charge in [0.25, 0.3) is 0 Å². The summed E-state index contributed by atoms with van der Waals surface area (Å²) in [6.07, 6.45) is 3.81. The number of aromatic nitrogens is 2. The standard InChI is InChI=1S/C17H19N3/c1-3-13-6-8-14(9-7-13)11-15-16(18)20-10-4-5-12(2)17(20)19-15/h4-10H,3,11,18H2,1-2H3. The molecule has 3 rings (SSSR count). The number of hydrogen-bond donors (Lipinski definition) is 1. The van der Waals surface area contributed by atoms with Gasteiger partial charge in [-0.05, 0) is 36.1 Å². The maximum absolute atomic E-state index is 6.21. The summed E-state index contributed by atoms with van der Waals surface area (Å²) >= 11 is 0. The maximum Gasteiger partial charge on any atom is 0.141 e. The van der Waals surface area contributed by atoms with Gasteiger partial charge in [0.2, 0.25) is 0 Å². The molecule has 1 aromatic carbocycles. The highest BCUT2D eigenvalue weighted by molar-refractivity contribution is 5.57. The van der Waals surface area contributed by atoms with Crippen LogP contribution in [0.25, 0.3) is 5.65 Å². The first-order valence-electron chi connectivity index (χ1n) is 6.99. The maximum atomic E-state index is 6.21. The van der Waals surface area contributed by atoms with Crippen LogP contribution in [-0.4, -0.2) is 9.38 Å². The first-order chi connectivity index (χ1) is 9.69. The molecule has 0 atom stereocenters. The zero-order chi connectivity index (χ0) is 14.1. The summed E-state index contributed by atoms with van der Waals surface area (Å²) in [5, 5.41) is 0. The second-order valence-electron chi connectivity index (χ2n) is 5.18. The van der Waals surface area contributed by atoms with Crippen LogP contribution in [0.2, 0.25) is 0 Å². The van der Waals surface area contributed by atoms with E-state index < -0.39 is 0 Å². The fourth-order valence-corrected chi connectivity index (χ4v) is 2.49. The Morgan fingerprint density at radius 2 is 1.80 bits per heavy atom. The SMILES string of the molecule is CCc1ccc(Cc2nc3c(C)cccn3c2N)cc1. The van der Waals surface area contributed by atoms with E-state index >= 15 is 0 Å². The molecule has 102 valence electrons. The molecule has 3 heteroatoms. The highest BCUT2D eigenvalue weighted by atomic mass is 15.1. The fourth-order valence-electron chi connectivity index (χ4n) is 2.49. The van der Waals surface area contributed by atoms with Crippen LogP contribution < -0.4 is 5.73 Å². The van der Waals surface area contributed by atoms with Gasteiger partial charge >= 0.3 is 0 Å². The lowest BCUT2D eigenvalue weighted by molar-refractivity contribution is 1.09. The van der Waals surface area contributed by atoms with Crippen molar-refractivity contribution in [2.24, 2.45) is 0 Å². The molecular weight excluding hydrogens is 246 g/mol. The van der Waals surface area contributed by atoms with E-state index in [1.54, 1.807) is 0 Å². The summed E-state index contributed by atoms with van der Waals surface area (Å²) < 4.78 is 1.96. The lowest BCUT2D eigenvalue weighted by atomic mass is 10.1. The third-order valence-electron chi connectivity index (χ3n) is 3.76. The van der Waals surface area contributed by atoms with Crippen LogP contribution in [0.1, 0.15) is 29.3 Å². The molecule has 0 unspecified atom stereocenters. The minimum atomic E-state index is 0.739. The Morgan fingerprint density at radius 1 is 1.10 bits per heavy atom. The van der Waals surface area contributed by atoms with E-state index in [-0.39, 0.29) is 0 Å². The number of fused-ring (bicyclic) bond motifs is 1. The number of hydrogen-bond acceptors (Lipinski definition) is 2. The van der Waals surface area contributed by atoms with E-state index in [1.165, 1.54) is 11.1 Å². The monoisotopic (exact) mass is 265 g/mol. The lowest BCUT2D eigenvalue weighted by Crippen LogP contribution is -1.97. The number of aryl methyl sites for hydroxylation is 2. The average molecular weight is 265 g/mol. The first-order valence-corrected chi connectivity index (χ1v) is 6.99. The van der Waals surface area contributed by atoms with Gasteiger partial charge in [-0.2, -0.15) is 0 Å². The second kappa shape index (κ2) is 5.00. The summed E-state index contributed by atoms with van der Waals surface area (Å²) in [4.78, 5) is 4.69. The topological polar surface area (TPSA) is 43.3 Å². The molecule has 3 nitrogen and oxygen atoms in total. The molecule has 2 N–H and O–H groups in total. The lowest BCUT2D eigenvalue weighted by Gasteiger charge is -2.02. The van der Waals surface area contributed by atoms with Crippen molar-refractivity contribution in [3.8, 4) is 0 Å². The van der Waals surface area contributed by atoms with Crippen LogP contribution in [-0.2, 0) is 12.8 Å². The molecule has 0 fully saturated rings. The molecule has 2 aromatic heterocycles. The zero-order valence-electron chi connectivity index (χ0n) is 11.9. The molecule has 20 heavy (non-hydrogen) atoms. The van der Waals surface area contributed by atoms with Crippen molar-refractivity contribution in [1.82, 2.24) is 9.38 Å². The number of pyridine rings is 1. The summed E-state index contributed by atoms with van der Waals surface area (Å²) in [5.74, 6) is 0.739. The first kappa shape index (κ1) is 12.7. The van der Waals surface area contributed by atoms with Crippen LogP contribution >= 0.6 is 0 Å². The molecule has 0 saturated carbocycles. The summed E-state index contributed by atoms with van der Waals surface area (Å²) in [6.45, 7) is 4.22. The van der Waals surface area contributed by atoms with Gasteiger partial charge in [0, 0.05) is 12.6 Å². The zero-order valence-corrected chi connectivity index (χ0v) is 11.9. The van der Waals surface area contributed by atoms with Crippen molar-refractivity contribution in [2.45, 2.75) is 26.7 Å². The van der Waals surface area contributed by atoms with Gasteiger partial charge in [-0.1, -0.05) is 37.3 Å². The molecular formula is C17H19N3. The van der Waals surface area contributed by atoms with Crippen LogP contribution in [0.5, 0.6) is 0 Å². The molecule has 0 aliphatic rings. The van der Waals surface area contributed by atoms with E-state index in [1.807, 2.05) is 16.7 Å². The number of imidazole rings is 1. The largest absolute Gasteiger partial charge is 0.383 e. The molecule has 0 spiro atoms. The third-order valence-corrected chi connectivity index (χ3v) is 3.76. The Morgan fingerprint density at radius 3 is 2.45 bits per heavy atom. The number of nitrogens with zero attached hydrogens (tertiary/aromatic N) is 2. The quantitative estimate of drug-likeness (QED) is 0.789. The molecule has 0 radical (unpaired) electrons. The Labute approximate surface area is 119 Å². The Bertz CT molecular complexity index is 739. The number of anilines is 1. The van der Waals surface area contributed by atoms with Crippen molar-refractivity contribution in [1.29, 1.82) is 0 Å². The van der Waals surface area contributed by atoms with Crippen LogP contribution in [0.3, 0.4) is 0 Å². The van der Waals surface area contributed by atoms with Gasteiger partial charge in [0.05, 0.1) is 5.69 Å². The van der Waals surface area contributed by atoms with Crippen molar-refractivity contribution >= 4 is 11.5 Å². The van der Waals surface area contributed by atoms with Crippen molar-refractivity contribution in [2.75, 3.05) is 5.73 Å². The normalized spacial score (nSPS) is 11.1. The third kappa shape index (κ3) is 2.16. The van der Waals surface area contributed by atoms with Crippen molar-refractivity contribution < 1.29 is 0 Å². The molecule has 0 aliphatic carbocycles. The molecule has 0 saturated heterocycles. The minimum absolute atomic E-state index is 0.739. The fraction of sp³-hybridized carbons (Fsp3) is 0.235. The van der Waals surface area contributed by atoms with Gasteiger partial charge in [0.1, 0.15) is 11.5 Å². The highest BCUT2D eigenvalue weighted by Crippen LogP contribution is 2.20. The van der Waals surface area contributed by atoms with Crippen LogP contribution in [0, 0.1) is 6.92 Å². The summed E-state index contributed by atoms with van der Waals surface area (Å²) in [5.41, 5.74) is 11.9. The van der Waals surface area contributed by atoms with Gasteiger partial charge in [-0.3, -0.25) is 4.40 Å². The Hall–Kier alpha value is -2.29. The number of rotatable bonds is 3. The van der Waals surface area contributed by atoms with E-state index in [2.05, 4.69) is 49.2 Å². The Kier molecular flexibility index (Phi) is 3.18.